The zero-order chi connectivity index (χ0) is 23.1. The minimum absolute atomic E-state index is 0.215. The number of methoxy groups -OCH3 is 1. The van der Waals surface area contributed by atoms with E-state index in [1.807, 2.05) is 30.3 Å². The van der Waals surface area contributed by atoms with Crippen LogP contribution in [-0.4, -0.2) is 34.3 Å². The number of hydrogen-bond acceptors (Lipinski definition) is 5. The second-order valence-corrected chi connectivity index (χ2v) is 9.25. The molecule has 0 bridgehead atoms. The van der Waals surface area contributed by atoms with Crippen molar-refractivity contribution in [1.82, 2.24) is 0 Å². The highest BCUT2D eigenvalue weighted by Gasteiger charge is 2.18. The van der Waals surface area contributed by atoms with Crippen molar-refractivity contribution in [2.75, 3.05) is 29.6 Å². The zero-order valence-electron chi connectivity index (χ0n) is 17.6. The molecule has 3 aromatic rings. The molecule has 1 N–H and O–H groups in total. The van der Waals surface area contributed by atoms with E-state index < -0.39 is 10.0 Å². The molecule has 168 valence electrons. The van der Waals surface area contributed by atoms with Gasteiger partial charge in [-0.05, 0) is 48.0 Å². The monoisotopic (exact) mass is 474 g/mol. The van der Waals surface area contributed by atoms with E-state index >= 15 is 0 Å². The fourth-order valence-corrected chi connectivity index (χ4v) is 4.09. The van der Waals surface area contributed by atoms with Crippen LogP contribution in [0.4, 0.5) is 11.4 Å². The Morgan fingerprint density at radius 3 is 2.31 bits per heavy atom. The van der Waals surface area contributed by atoms with E-state index in [4.69, 9.17) is 21.1 Å². The molecule has 0 unspecified atom stereocenters. The van der Waals surface area contributed by atoms with Crippen molar-refractivity contribution >= 4 is 38.9 Å². The Kier molecular flexibility index (Phi) is 7.61. The normalized spacial score (nSPS) is 11.0. The molecular formula is C23H23ClN2O5S. The molecule has 0 spiro atoms. The third-order valence-corrected chi connectivity index (χ3v) is 5.94. The third kappa shape index (κ3) is 6.38. The lowest BCUT2D eigenvalue weighted by molar-refractivity contribution is -0.118. The van der Waals surface area contributed by atoms with Gasteiger partial charge in [-0.1, -0.05) is 41.9 Å². The van der Waals surface area contributed by atoms with Gasteiger partial charge in [0, 0.05) is 5.69 Å². The second-order valence-electron chi connectivity index (χ2n) is 6.94. The first kappa shape index (κ1) is 23.4. The van der Waals surface area contributed by atoms with Gasteiger partial charge in [-0.25, -0.2) is 8.42 Å². The van der Waals surface area contributed by atoms with Crippen molar-refractivity contribution in [2.24, 2.45) is 0 Å². The topological polar surface area (TPSA) is 84.9 Å². The van der Waals surface area contributed by atoms with Gasteiger partial charge in [-0.3, -0.25) is 9.10 Å². The molecule has 3 aromatic carbocycles. The number of anilines is 2. The molecule has 0 fully saturated rings. The average molecular weight is 475 g/mol. The number of carbonyl (C=O) groups is 1. The molecule has 0 aliphatic rings. The van der Waals surface area contributed by atoms with Crippen LogP contribution in [0.25, 0.3) is 0 Å². The van der Waals surface area contributed by atoms with E-state index in [9.17, 15) is 13.2 Å². The Labute approximate surface area is 192 Å². The Balaban J connectivity index is 1.62. The fourth-order valence-electron chi connectivity index (χ4n) is 2.95. The van der Waals surface area contributed by atoms with E-state index in [-0.39, 0.29) is 19.1 Å². The van der Waals surface area contributed by atoms with Crippen LogP contribution in [-0.2, 0) is 21.4 Å². The lowest BCUT2D eigenvalue weighted by atomic mass is 10.2. The molecule has 0 atom stereocenters. The molecular weight excluding hydrogens is 452 g/mol. The summed E-state index contributed by atoms with van der Waals surface area (Å²) in [5.74, 6) is 0.582. The molecule has 0 saturated heterocycles. The summed E-state index contributed by atoms with van der Waals surface area (Å²) in [6.07, 6.45) is 1.16. The third-order valence-electron chi connectivity index (χ3n) is 4.50. The van der Waals surface area contributed by atoms with E-state index in [1.165, 1.54) is 11.4 Å². The summed E-state index contributed by atoms with van der Waals surface area (Å²) in [5, 5.41) is 3.07. The van der Waals surface area contributed by atoms with Crippen LogP contribution >= 0.6 is 11.6 Å². The van der Waals surface area contributed by atoms with Crippen LogP contribution in [0.2, 0.25) is 5.02 Å². The summed E-state index contributed by atoms with van der Waals surface area (Å²) in [4.78, 5) is 12.2. The lowest BCUT2D eigenvalue weighted by Crippen LogP contribution is -2.29. The first-order valence-corrected chi connectivity index (χ1v) is 11.9. The number of rotatable bonds is 9. The number of hydrogen-bond donors (Lipinski definition) is 1. The molecule has 0 aromatic heterocycles. The largest absolute Gasteiger partial charge is 0.495 e. The lowest BCUT2D eigenvalue weighted by Gasteiger charge is -2.22. The first-order chi connectivity index (χ1) is 15.3. The highest BCUT2D eigenvalue weighted by atomic mass is 35.5. The predicted octanol–water partition coefficient (Wildman–Crippen LogP) is 4.33. The van der Waals surface area contributed by atoms with Gasteiger partial charge in [-0.15, -0.1) is 0 Å². The maximum atomic E-state index is 12.3. The van der Waals surface area contributed by atoms with Crippen LogP contribution in [0.5, 0.6) is 11.5 Å². The highest BCUT2D eigenvalue weighted by molar-refractivity contribution is 7.92. The van der Waals surface area contributed by atoms with Crippen molar-refractivity contribution < 1.29 is 22.7 Å². The van der Waals surface area contributed by atoms with E-state index in [2.05, 4.69) is 5.32 Å². The van der Waals surface area contributed by atoms with Gasteiger partial charge in [0.25, 0.3) is 5.91 Å². The summed E-state index contributed by atoms with van der Waals surface area (Å²) >= 11 is 6.05. The van der Waals surface area contributed by atoms with E-state index in [0.717, 1.165) is 11.8 Å². The van der Waals surface area contributed by atoms with Crippen LogP contribution in [0.1, 0.15) is 5.56 Å². The SMILES string of the molecule is COc1ccc(NC(=O)COc2ccc(N(Cc3ccccc3)S(C)(=O)=O)cc2)cc1Cl. The van der Waals surface area contributed by atoms with Gasteiger partial charge in [0.2, 0.25) is 10.0 Å². The summed E-state index contributed by atoms with van der Waals surface area (Å²) < 4.78 is 36.5. The van der Waals surface area contributed by atoms with Gasteiger partial charge in [0.05, 0.1) is 30.6 Å². The molecule has 7 nitrogen and oxygen atoms in total. The molecule has 0 aliphatic carbocycles. The molecule has 0 aliphatic heterocycles. The predicted molar refractivity (Wildman–Crippen MR) is 126 cm³/mol. The molecule has 0 heterocycles. The van der Waals surface area contributed by atoms with E-state index in [1.54, 1.807) is 42.5 Å². The summed E-state index contributed by atoms with van der Waals surface area (Å²) in [7, 11) is -1.98. The minimum atomic E-state index is -3.49. The van der Waals surface area contributed by atoms with Crippen molar-refractivity contribution in [3.05, 3.63) is 83.4 Å². The molecule has 0 saturated carbocycles. The number of sulfonamides is 1. The van der Waals surface area contributed by atoms with Gasteiger partial charge in [-0.2, -0.15) is 0 Å². The molecule has 0 radical (unpaired) electrons. The number of carbonyl (C=O) groups excluding carboxylic acids is 1. The fraction of sp³-hybridized carbons (Fsp3) is 0.174. The molecule has 1 amide bonds. The average Bonchev–Trinajstić information content (AvgIpc) is 2.77. The Morgan fingerprint density at radius 1 is 1.03 bits per heavy atom. The number of amides is 1. The number of ether oxygens (including phenoxy) is 2. The van der Waals surface area contributed by atoms with E-state index in [0.29, 0.717) is 27.9 Å². The summed E-state index contributed by atoms with van der Waals surface area (Å²) in [6.45, 7) is -0.00446. The van der Waals surface area contributed by atoms with Gasteiger partial charge >= 0.3 is 0 Å². The molecule has 9 heteroatoms. The molecule has 32 heavy (non-hydrogen) atoms. The first-order valence-electron chi connectivity index (χ1n) is 9.64. The Bertz CT molecular complexity index is 1170. The van der Waals surface area contributed by atoms with Gasteiger partial charge < -0.3 is 14.8 Å². The van der Waals surface area contributed by atoms with Crippen LogP contribution in [0.3, 0.4) is 0 Å². The second kappa shape index (κ2) is 10.4. The number of halogens is 1. The van der Waals surface area contributed by atoms with Crippen LogP contribution in [0.15, 0.2) is 72.8 Å². The van der Waals surface area contributed by atoms with Crippen LogP contribution in [0, 0.1) is 0 Å². The van der Waals surface area contributed by atoms with Crippen molar-refractivity contribution in [1.29, 1.82) is 0 Å². The number of nitrogens with one attached hydrogen (secondary N) is 1. The van der Waals surface area contributed by atoms with Gasteiger partial charge in [0.15, 0.2) is 6.61 Å². The number of benzene rings is 3. The minimum Gasteiger partial charge on any atom is -0.495 e. The maximum absolute atomic E-state index is 12.3. The van der Waals surface area contributed by atoms with Crippen molar-refractivity contribution in [3.8, 4) is 11.5 Å². The van der Waals surface area contributed by atoms with Crippen LogP contribution < -0.4 is 19.1 Å². The zero-order valence-corrected chi connectivity index (χ0v) is 19.2. The molecule has 3 rings (SSSR count). The van der Waals surface area contributed by atoms with Gasteiger partial charge in [0.1, 0.15) is 11.5 Å². The summed E-state index contributed by atoms with van der Waals surface area (Å²) in [6, 6.07) is 20.8. The Hall–Kier alpha value is -3.23. The van der Waals surface area contributed by atoms with Crippen molar-refractivity contribution in [2.45, 2.75) is 6.54 Å². The van der Waals surface area contributed by atoms with Crippen molar-refractivity contribution in [3.63, 3.8) is 0 Å². The Morgan fingerprint density at radius 2 is 1.72 bits per heavy atom. The summed E-state index contributed by atoms with van der Waals surface area (Å²) in [5.41, 5.74) is 1.89. The quantitative estimate of drug-likeness (QED) is 0.499. The number of nitrogens with zero attached hydrogens (tertiary/aromatic N) is 1. The highest BCUT2D eigenvalue weighted by Crippen LogP contribution is 2.27. The standard InChI is InChI=1S/C23H23ClN2O5S/c1-30-22-13-8-18(14-21(22)24)25-23(27)16-31-20-11-9-19(10-12-20)26(32(2,28)29)15-17-6-4-3-5-7-17/h3-14H,15-16H2,1-2H3,(H,25,27). The maximum Gasteiger partial charge on any atom is 0.262 e. The smallest absolute Gasteiger partial charge is 0.262 e.